The van der Waals surface area contributed by atoms with E-state index in [2.05, 4.69) is 4.90 Å². The van der Waals surface area contributed by atoms with Gasteiger partial charge < -0.3 is 21.3 Å². The van der Waals surface area contributed by atoms with Crippen LogP contribution in [0.5, 0.6) is 0 Å². The second kappa shape index (κ2) is 6.80. The molecule has 0 saturated heterocycles. The van der Waals surface area contributed by atoms with Crippen molar-refractivity contribution >= 4 is 17.3 Å². The van der Waals surface area contributed by atoms with Gasteiger partial charge in [0, 0.05) is 30.5 Å². The van der Waals surface area contributed by atoms with Crippen molar-refractivity contribution in [3.63, 3.8) is 0 Å². The predicted molar refractivity (Wildman–Crippen MR) is 87.1 cm³/mol. The maximum Gasteiger partial charge on any atom is 0.256 e. The first-order valence-corrected chi connectivity index (χ1v) is 7.59. The third-order valence-electron chi connectivity index (χ3n) is 4.12. The Morgan fingerprint density at radius 3 is 2.43 bits per heavy atom. The van der Waals surface area contributed by atoms with Gasteiger partial charge in [0.1, 0.15) is 0 Å². The Morgan fingerprint density at radius 2 is 1.86 bits per heavy atom. The molecule has 0 heterocycles. The van der Waals surface area contributed by atoms with Gasteiger partial charge in [0.15, 0.2) is 0 Å². The second-order valence-corrected chi connectivity index (χ2v) is 6.09. The molecule has 21 heavy (non-hydrogen) atoms. The van der Waals surface area contributed by atoms with Crippen molar-refractivity contribution in [2.24, 2.45) is 0 Å². The minimum atomic E-state index is 0.0289. The summed E-state index contributed by atoms with van der Waals surface area (Å²) >= 11 is 0. The Kier molecular flexibility index (Phi) is 5.07. The van der Waals surface area contributed by atoms with Crippen LogP contribution >= 0.6 is 0 Å². The molecule has 0 atom stereocenters. The Morgan fingerprint density at radius 1 is 1.19 bits per heavy atom. The normalized spacial score (nSPS) is 15.6. The standard InChI is InChI=1S/C16H26N4O/c1-19(2)9-10-20(13-5-3-4-6-13)16(21)14-8-7-12(17)11-15(14)18/h7-8,11,13H,3-6,9-10,17-18H2,1-2H3. The molecule has 1 aromatic carbocycles. The van der Waals surface area contributed by atoms with Gasteiger partial charge in [-0.05, 0) is 45.1 Å². The molecule has 1 aromatic rings. The molecule has 1 amide bonds. The first kappa shape index (κ1) is 15.6. The van der Waals surface area contributed by atoms with Crippen LogP contribution in [0.15, 0.2) is 18.2 Å². The van der Waals surface area contributed by atoms with E-state index in [9.17, 15) is 4.79 Å². The van der Waals surface area contributed by atoms with Crippen LogP contribution in [0.2, 0.25) is 0 Å². The summed E-state index contributed by atoms with van der Waals surface area (Å²) in [6, 6.07) is 5.48. The second-order valence-electron chi connectivity index (χ2n) is 6.09. The van der Waals surface area contributed by atoms with Gasteiger partial charge in [-0.1, -0.05) is 12.8 Å². The number of hydrogen-bond acceptors (Lipinski definition) is 4. The summed E-state index contributed by atoms with van der Waals surface area (Å²) in [5, 5.41) is 0. The van der Waals surface area contributed by atoms with E-state index in [0.717, 1.165) is 25.9 Å². The number of benzene rings is 1. The number of nitrogen functional groups attached to an aromatic ring is 2. The van der Waals surface area contributed by atoms with Gasteiger partial charge >= 0.3 is 0 Å². The molecule has 1 saturated carbocycles. The Bertz CT molecular complexity index is 495. The van der Waals surface area contributed by atoms with E-state index in [1.807, 2.05) is 19.0 Å². The summed E-state index contributed by atoms with van der Waals surface area (Å²) in [6.45, 7) is 1.59. The zero-order valence-electron chi connectivity index (χ0n) is 13.0. The first-order valence-electron chi connectivity index (χ1n) is 7.59. The maximum atomic E-state index is 12.9. The SMILES string of the molecule is CN(C)CCN(C(=O)c1ccc(N)cc1N)C1CCCC1. The molecule has 0 aliphatic heterocycles. The summed E-state index contributed by atoms with van der Waals surface area (Å²) in [5.41, 5.74) is 13.3. The summed E-state index contributed by atoms with van der Waals surface area (Å²) < 4.78 is 0. The lowest BCUT2D eigenvalue weighted by atomic mass is 10.1. The molecule has 0 unspecified atom stereocenters. The molecule has 1 aliphatic carbocycles. The molecule has 0 aromatic heterocycles. The monoisotopic (exact) mass is 290 g/mol. The van der Waals surface area contributed by atoms with Crippen molar-refractivity contribution in [1.29, 1.82) is 0 Å². The third-order valence-corrected chi connectivity index (χ3v) is 4.12. The van der Waals surface area contributed by atoms with Crippen LogP contribution in [0.4, 0.5) is 11.4 Å². The molecule has 5 nitrogen and oxygen atoms in total. The molecule has 1 fully saturated rings. The van der Waals surface area contributed by atoms with E-state index >= 15 is 0 Å². The lowest BCUT2D eigenvalue weighted by Crippen LogP contribution is -2.42. The smallest absolute Gasteiger partial charge is 0.256 e. The van der Waals surface area contributed by atoms with Crippen LogP contribution in [0.1, 0.15) is 36.0 Å². The maximum absolute atomic E-state index is 12.9. The summed E-state index contributed by atoms with van der Waals surface area (Å²) in [5.74, 6) is 0.0289. The van der Waals surface area contributed by atoms with Gasteiger partial charge in [0.2, 0.25) is 0 Å². The van der Waals surface area contributed by atoms with E-state index in [-0.39, 0.29) is 5.91 Å². The Balaban J connectivity index is 2.19. The van der Waals surface area contributed by atoms with E-state index in [4.69, 9.17) is 11.5 Å². The van der Waals surface area contributed by atoms with Crippen LogP contribution in [0.3, 0.4) is 0 Å². The number of nitrogens with zero attached hydrogens (tertiary/aromatic N) is 2. The van der Waals surface area contributed by atoms with Gasteiger partial charge in [-0.25, -0.2) is 0 Å². The number of nitrogens with two attached hydrogens (primary N) is 2. The van der Waals surface area contributed by atoms with Crippen LogP contribution in [0.25, 0.3) is 0 Å². The summed E-state index contributed by atoms with van der Waals surface area (Å²) in [4.78, 5) is 17.0. The fraction of sp³-hybridized carbons (Fsp3) is 0.562. The Labute approximate surface area is 126 Å². The minimum Gasteiger partial charge on any atom is -0.399 e. The molecule has 0 radical (unpaired) electrons. The van der Waals surface area contributed by atoms with Gasteiger partial charge in [-0.15, -0.1) is 0 Å². The molecule has 1 aliphatic rings. The molecular formula is C16H26N4O. The summed E-state index contributed by atoms with van der Waals surface area (Å²) in [6.07, 6.45) is 4.59. The van der Waals surface area contributed by atoms with Gasteiger partial charge in [0.05, 0.1) is 5.56 Å². The van der Waals surface area contributed by atoms with E-state index in [1.54, 1.807) is 18.2 Å². The topological polar surface area (TPSA) is 75.6 Å². The highest BCUT2D eigenvalue weighted by Crippen LogP contribution is 2.26. The number of likely N-dealkylation sites (N-methyl/N-ethyl adjacent to an activating group) is 1. The van der Waals surface area contributed by atoms with E-state index in [0.29, 0.717) is 23.0 Å². The average Bonchev–Trinajstić information content (AvgIpc) is 2.92. The number of hydrogen-bond donors (Lipinski definition) is 2. The zero-order valence-corrected chi connectivity index (χ0v) is 13.0. The third kappa shape index (κ3) is 3.88. The minimum absolute atomic E-state index is 0.0289. The number of anilines is 2. The van der Waals surface area contributed by atoms with Crippen molar-refractivity contribution in [3.8, 4) is 0 Å². The highest BCUT2D eigenvalue weighted by atomic mass is 16.2. The fourth-order valence-electron chi connectivity index (χ4n) is 2.90. The van der Waals surface area contributed by atoms with Crippen molar-refractivity contribution in [1.82, 2.24) is 9.80 Å². The predicted octanol–water partition coefficient (Wildman–Crippen LogP) is 1.80. The molecule has 5 heteroatoms. The van der Waals surface area contributed by atoms with Crippen molar-refractivity contribution in [3.05, 3.63) is 23.8 Å². The lowest BCUT2D eigenvalue weighted by molar-refractivity contribution is 0.0669. The largest absolute Gasteiger partial charge is 0.399 e. The lowest BCUT2D eigenvalue weighted by Gasteiger charge is -2.30. The van der Waals surface area contributed by atoms with Crippen LogP contribution < -0.4 is 11.5 Å². The fourth-order valence-corrected chi connectivity index (χ4v) is 2.90. The van der Waals surface area contributed by atoms with Crippen LogP contribution in [-0.2, 0) is 0 Å². The first-order chi connectivity index (χ1) is 9.99. The molecule has 4 N–H and O–H groups in total. The zero-order chi connectivity index (χ0) is 15.4. The van der Waals surface area contributed by atoms with Gasteiger partial charge in [-0.3, -0.25) is 4.79 Å². The number of carbonyl (C=O) groups excluding carboxylic acids is 1. The van der Waals surface area contributed by atoms with E-state index in [1.165, 1.54) is 12.8 Å². The molecule has 116 valence electrons. The quantitative estimate of drug-likeness (QED) is 0.811. The van der Waals surface area contributed by atoms with Gasteiger partial charge in [0.25, 0.3) is 5.91 Å². The average molecular weight is 290 g/mol. The summed E-state index contributed by atoms with van der Waals surface area (Å²) in [7, 11) is 4.05. The Hall–Kier alpha value is -1.75. The highest BCUT2D eigenvalue weighted by molar-refractivity contribution is 5.99. The van der Waals surface area contributed by atoms with Crippen molar-refractivity contribution in [2.75, 3.05) is 38.7 Å². The number of amides is 1. The molecular weight excluding hydrogens is 264 g/mol. The molecule has 2 rings (SSSR count). The van der Waals surface area contributed by atoms with Crippen molar-refractivity contribution < 1.29 is 4.79 Å². The number of rotatable bonds is 5. The molecule has 0 bridgehead atoms. The van der Waals surface area contributed by atoms with Crippen molar-refractivity contribution in [2.45, 2.75) is 31.7 Å². The number of carbonyl (C=O) groups is 1. The highest BCUT2D eigenvalue weighted by Gasteiger charge is 2.28. The molecule has 0 spiro atoms. The van der Waals surface area contributed by atoms with Crippen LogP contribution in [0, 0.1) is 0 Å². The van der Waals surface area contributed by atoms with Gasteiger partial charge in [-0.2, -0.15) is 0 Å². The van der Waals surface area contributed by atoms with Crippen LogP contribution in [-0.4, -0.2) is 48.9 Å². The van der Waals surface area contributed by atoms with E-state index < -0.39 is 0 Å².